The molecule has 1 aromatic carbocycles. The average molecular weight is 352 g/mol. The van der Waals surface area contributed by atoms with Crippen LogP contribution in [0.25, 0.3) is 0 Å². The molecule has 1 amide bonds. The minimum atomic E-state index is -0.190. The van der Waals surface area contributed by atoms with Crippen molar-refractivity contribution in [2.45, 2.75) is 13.8 Å². The van der Waals surface area contributed by atoms with Crippen molar-refractivity contribution in [1.82, 2.24) is 15.1 Å². The Morgan fingerprint density at radius 3 is 2.48 bits per heavy atom. The number of rotatable bonds is 4. The number of amides is 1. The molecule has 0 radical (unpaired) electrons. The number of aryl methyl sites for hydroxylation is 2. The molecule has 1 aromatic heterocycles. The van der Waals surface area contributed by atoms with Crippen LogP contribution < -0.4 is 16.0 Å². The fraction of sp³-hybridized carbons (Fsp3) is 0.267. The normalized spacial score (nSPS) is 10.3. The quantitative estimate of drug-likeness (QED) is 0.739. The lowest BCUT2D eigenvalue weighted by molar-refractivity contribution is -0.115. The molecule has 0 aliphatic rings. The Morgan fingerprint density at radius 2 is 1.91 bits per heavy atom. The van der Waals surface area contributed by atoms with E-state index in [1.54, 1.807) is 28.9 Å². The third-order valence-electron chi connectivity index (χ3n) is 3.29. The second-order valence-electron chi connectivity index (χ2n) is 5.03. The summed E-state index contributed by atoms with van der Waals surface area (Å²) >= 11 is 11.0. The van der Waals surface area contributed by atoms with Crippen molar-refractivity contribution in [1.29, 1.82) is 0 Å². The number of anilines is 2. The highest BCUT2D eigenvalue weighted by Crippen LogP contribution is 2.17. The van der Waals surface area contributed by atoms with Gasteiger partial charge in [0.2, 0.25) is 5.91 Å². The van der Waals surface area contributed by atoms with Gasteiger partial charge >= 0.3 is 0 Å². The van der Waals surface area contributed by atoms with Gasteiger partial charge in [-0.3, -0.25) is 9.48 Å². The number of nitrogens with one attached hydrogen (secondary N) is 3. The van der Waals surface area contributed by atoms with Crippen molar-refractivity contribution in [2.24, 2.45) is 7.05 Å². The molecular formula is C15H18ClN5OS. The smallest absolute Gasteiger partial charge is 0.243 e. The van der Waals surface area contributed by atoms with Gasteiger partial charge in [0.25, 0.3) is 0 Å². The van der Waals surface area contributed by atoms with E-state index in [2.05, 4.69) is 21.0 Å². The summed E-state index contributed by atoms with van der Waals surface area (Å²) in [5.41, 5.74) is 3.21. The maximum atomic E-state index is 12.0. The molecule has 0 unspecified atom stereocenters. The molecular weight excluding hydrogens is 334 g/mol. The molecule has 23 heavy (non-hydrogen) atoms. The fourth-order valence-corrected chi connectivity index (χ4v) is 2.32. The number of hydrogen-bond acceptors (Lipinski definition) is 3. The molecule has 0 fully saturated rings. The highest BCUT2D eigenvalue weighted by atomic mass is 35.5. The summed E-state index contributed by atoms with van der Waals surface area (Å²) in [5, 5.41) is 13.9. The SMILES string of the molecule is Cc1nn(C)c(C)c1NC(=O)CNC(=S)Nc1ccc(Cl)cc1. The van der Waals surface area contributed by atoms with Gasteiger partial charge in [0.1, 0.15) is 0 Å². The number of halogens is 1. The number of carbonyl (C=O) groups is 1. The van der Waals surface area contributed by atoms with E-state index in [0.29, 0.717) is 10.1 Å². The number of thiocarbonyl (C=S) groups is 1. The molecule has 3 N–H and O–H groups in total. The van der Waals surface area contributed by atoms with E-state index in [1.807, 2.05) is 20.9 Å². The van der Waals surface area contributed by atoms with Crippen LogP contribution in [-0.4, -0.2) is 27.3 Å². The van der Waals surface area contributed by atoms with Gasteiger partial charge in [-0.1, -0.05) is 11.6 Å². The van der Waals surface area contributed by atoms with Gasteiger partial charge in [-0.15, -0.1) is 0 Å². The molecule has 0 aliphatic heterocycles. The molecule has 0 bridgehead atoms. The van der Waals surface area contributed by atoms with Crippen LogP contribution in [0.15, 0.2) is 24.3 Å². The van der Waals surface area contributed by atoms with Gasteiger partial charge < -0.3 is 16.0 Å². The summed E-state index contributed by atoms with van der Waals surface area (Å²) in [7, 11) is 1.83. The number of nitrogens with zero attached hydrogens (tertiary/aromatic N) is 2. The first-order valence-electron chi connectivity index (χ1n) is 6.97. The van der Waals surface area contributed by atoms with Gasteiger partial charge in [0.05, 0.1) is 23.6 Å². The number of aromatic nitrogens is 2. The predicted molar refractivity (Wildman–Crippen MR) is 97.0 cm³/mol. The Balaban J connectivity index is 1.84. The molecule has 122 valence electrons. The van der Waals surface area contributed by atoms with Gasteiger partial charge in [0, 0.05) is 17.8 Å². The molecule has 2 rings (SSSR count). The number of hydrogen-bond donors (Lipinski definition) is 3. The summed E-state index contributed by atoms with van der Waals surface area (Å²) in [5.74, 6) is -0.190. The zero-order valence-electron chi connectivity index (χ0n) is 13.1. The van der Waals surface area contributed by atoms with Crippen LogP contribution in [0.1, 0.15) is 11.4 Å². The van der Waals surface area contributed by atoms with Crippen LogP contribution in [-0.2, 0) is 11.8 Å². The standard InChI is InChI=1S/C15H18ClN5OS/c1-9-14(10(2)21(3)20-9)19-13(22)8-17-15(23)18-12-6-4-11(16)5-7-12/h4-7H,8H2,1-3H3,(H,19,22)(H2,17,18,23). The first-order valence-corrected chi connectivity index (χ1v) is 7.76. The van der Waals surface area contributed by atoms with E-state index in [4.69, 9.17) is 23.8 Å². The predicted octanol–water partition coefficient (Wildman–Crippen LogP) is 2.62. The highest BCUT2D eigenvalue weighted by molar-refractivity contribution is 7.80. The summed E-state index contributed by atoms with van der Waals surface area (Å²) in [6, 6.07) is 7.12. The summed E-state index contributed by atoms with van der Waals surface area (Å²) in [4.78, 5) is 12.0. The van der Waals surface area contributed by atoms with Gasteiger partial charge in [-0.2, -0.15) is 5.10 Å². The maximum Gasteiger partial charge on any atom is 0.243 e. The lowest BCUT2D eigenvalue weighted by atomic mass is 10.3. The van der Waals surface area contributed by atoms with Crippen molar-refractivity contribution in [3.63, 3.8) is 0 Å². The molecule has 0 saturated heterocycles. The van der Waals surface area contributed by atoms with Crippen molar-refractivity contribution in [3.05, 3.63) is 40.7 Å². The van der Waals surface area contributed by atoms with Crippen LogP contribution in [0.5, 0.6) is 0 Å². The number of carbonyl (C=O) groups excluding carboxylic acids is 1. The van der Waals surface area contributed by atoms with E-state index in [0.717, 1.165) is 22.8 Å². The van der Waals surface area contributed by atoms with E-state index in [9.17, 15) is 4.79 Å². The van der Waals surface area contributed by atoms with Gasteiger partial charge in [0.15, 0.2) is 5.11 Å². The number of benzene rings is 1. The Bertz CT molecular complexity index is 726. The van der Waals surface area contributed by atoms with E-state index in [-0.39, 0.29) is 12.5 Å². The van der Waals surface area contributed by atoms with Crippen molar-refractivity contribution >= 4 is 46.2 Å². The van der Waals surface area contributed by atoms with Crippen LogP contribution in [0.4, 0.5) is 11.4 Å². The van der Waals surface area contributed by atoms with E-state index in [1.165, 1.54) is 0 Å². The van der Waals surface area contributed by atoms with Gasteiger partial charge in [-0.25, -0.2) is 0 Å². The van der Waals surface area contributed by atoms with Crippen molar-refractivity contribution in [2.75, 3.05) is 17.2 Å². The Morgan fingerprint density at radius 1 is 1.26 bits per heavy atom. The topological polar surface area (TPSA) is 71.0 Å². The minimum absolute atomic E-state index is 0.0627. The molecule has 8 heteroatoms. The van der Waals surface area contributed by atoms with E-state index >= 15 is 0 Å². The monoisotopic (exact) mass is 351 g/mol. The molecule has 2 aromatic rings. The van der Waals surface area contributed by atoms with Crippen LogP contribution in [0.3, 0.4) is 0 Å². The van der Waals surface area contributed by atoms with E-state index < -0.39 is 0 Å². The highest BCUT2D eigenvalue weighted by Gasteiger charge is 2.12. The fourth-order valence-electron chi connectivity index (χ4n) is 2.01. The van der Waals surface area contributed by atoms with Crippen molar-refractivity contribution in [3.8, 4) is 0 Å². The first kappa shape index (κ1) is 17.2. The Kier molecular flexibility index (Phi) is 5.57. The minimum Gasteiger partial charge on any atom is -0.353 e. The molecule has 0 saturated carbocycles. The molecule has 0 atom stereocenters. The van der Waals surface area contributed by atoms with Crippen LogP contribution in [0.2, 0.25) is 5.02 Å². The second-order valence-corrected chi connectivity index (χ2v) is 5.88. The van der Waals surface area contributed by atoms with Crippen LogP contribution >= 0.6 is 23.8 Å². The lowest BCUT2D eigenvalue weighted by Crippen LogP contribution is -2.35. The zero-order valence-corrected chi connectivity index (χ0v) is 14.7. The zero-order chi connectivity index (χ0) is 17.0. The largest absolute Gasteiger partial charge is 0.353 e. The molecule has 0 spiro atoms. The Labute approximate surface area is 145 Å². The summed E-state index contributed by atoms with van der Waals surface area (Å²) in [6.45, 7) is 3.81. The summed E-state index contributed by atoms with van der Waals surface area (Å²) < 4.78 is 1.73. The molecule has 1 heterocycles. The second kappa shape index (κ2) is 7.43. The maximum absolute atomic E-state index is 12.0. The summed E-state index contributed by atoms with van der Waals surface area (Å²) in [6.07, 6.45) is 0. The molecule has 0 aliphatic carbocycles. The molecule has 6 nitrogen and oxygen atoms in total. The Hall–Kier alpha value is -2.12. The van der Waals surface area contributed by atoms with Crippen molar-refractivity contribution < 1.29 is 4.79 Å². The van der Waals surface area contributed by atoms with Gasteiger partial charge in [-0.05, 0) is 50.3 Å². The van der Waals surface area contributed by atoms with Crippen LogP contribution in [0, 0.1) is 13.8 Å². The third-order valence-corrected chi connectivity index (χ3v) is 3.78. The third kappa shape index (κ3) is 4.67. The average Bonchev–Trinajstić information content (AvgIpc) is 2.74. The first-order chi connectivity index (χ1) is 10.9. The lowest BCUT2D eigenvalue weighted by Gasteiger charge is -2.11.